The maximum absolute atomic E-state index is 11.9. The van der Waals surface area contributed by atoms with E-state index in [9.17, 15) is 19.5 Å². The first-order chi connectivity index (χ1) is 13.4. The standard InChI is InChI=1S/C17H19N3O7S/c1-9(21)27-7-6-12-15(22)19-17(28-12)20-18-8-10-4-5-11(25-2)14(26-3)13(10)16(23)24/h4-5,8,12H,6-7H2,1-3H3,(H,23,24)(H,19,20,22)/b18-8-. The minimum absolute atomic E-state index is 0.0701. The molecule has 150 valence electrons. The molecule has 10 nitrogen and oxygen atoms in total. The highest BCUT2D eigenvalue weighted by atomic mass is 32.2. The summed E-state index contributed by atoms with van der Waals surface area (Å²) < 4.78 is 15.1. The van der Waals surface area contributed by atoms with E-state index in [2.05, 4.69) is 15.5 Å². The summed E-state index contributed by atoms with van der Waals surface area (Å²) in [6.07, 6.45) is 1.59. The van der Waals surface area contributed by atoms with Crippen LogP contribution in [-0.4, -0.2) is 60.4 Å². The van der Waals surface area contributed by atoms with Crippen molar-refractivity contribution in [1.29, 1.82) is 0 Å². The summed E-state index contributed by atoms with van der Waals surface area (Å²) in [7, 11) is 2.74. The SMILES string of the molecule is COc1ccc(/C=N\N=C2/NC(=O)C(CCOC(C)=O)S2)c(C(=O)O)c1OC. The maximum Gasteiger partial charge on any atom is 0.340 e. The Morgan fingerprint density at radius 1 is 1.32 bits per heavy atom. The van der Waals surface area contributed by atoms with Crippen molar-refractivity contribution in [2.45, 2.75) is 18.6 Å². The van der Waals surface area contributed by atoms with Gasteiger partial charge in [0.1, 0.15) is 5.56 Å². The van der Waals surface area contributed by atoms with Gasteiger partial charge in [-0.3, -0.25) is 9.59 Å². The third-order valence-electron chi connectivity index (χ3n) is 3.60. The number of carbonyl (C=O) groups excluding carboxylic acids is 2. The predicted octanol–water partition coefficient (Wildman–Crippen LogP) is 1.28. The van der Waals surface area contributed by atoms with Gasteiger partial charge >= 0.3 is 11.9 Å². The molecule has 2 rings (SSSR count). The highest BCUT2D eigenvalue weighted by Crippen LogP contribution is 2.33. The number of amides is 1. The van der Waals surface area contributed by atoms with Gasteiger partial charge < -0.3 is 24.6 Å². The van der Waals surface area contributed by atoms with Crippen molar-refractivity contribution in [1.82, 2.24) is 5.32 Å². The largest absolute Gasteiger partial charge is 0.493 e. The maximum atomic E-state index is 11.9. The number of hydrogen-bond donors (Lipinski definition) is 2. The lowest BCUT2D eigenvalue weighted by atomic mass is 10.1. The number of ether oxygens (including phenoxy) is 3. The fourth-order valence-electron chi connectivity index (χ4n) is 2.37. The first-order valence-electron chi connectivity index (χ1n) is 8.07. The molecule has 1 heterocycles. The number of amidine groups is 1. The number of methoxy groups -OCH3 is 2. The van der Waals surface area contributed by atoms with E-state index in [0.717, 1.165) is 11.8 Å². The van der Waals surface area contributed by atoms with Crippen LogP contribution >= 0.6 is 11.8 Å². The number of nitrogens with one attached hydrogen (secondary N) is 1. The molecule has 1 aromatic rings. The van der Waals surface area contributed by atoms with E-state index in [0.29, 0.717) is 6.42 Å². The van der Waals surface area contributed by atoms with Crippen LogP contribution in [-0.2, 0) is 14.3 Å². The van der Waals surface area contributed by atoms with Gasteiger partial charge in [0.25, 0.3) is 0 Å². The van der Waals surface area contributed by atoms with E-state index in [1.54, 1.807) is 6.07 Å². The molecule has 28 heavy (non-hydrogen) atoms. The molecule has 0 spiro atoms. The van der Waals surface area contributed by atoms with Gasteiger partial charge in [-0.25, -0.2) is 4.79 Å². The van der Waals surface area contributed by atoms with Crippen LogP contribution < -0.4 is 14.8 Å². The van der Waals surface area contributed by atoms with E-state index in [1.807, 2.05) is 0 Å². The van der Waals surface area contributed by atoms with Gasteiger partial charge in [0.05, 0.1) is 32.3 Å². The minimum Gasteiger partial charge on any atom is -0.493 e. The van der Waals surface area contributed by atoms with Crippen molar-refractivity contribution < 1.29 is 33.7 Å². The van der Waals surface area contributed by atoms with Crippen molar-refractivity contribution in [3.63, 3.8) is 0 Å². The van der Waals surface area contributed by atoms with Crippen molar-refractivity contribution in [2.75, 3.05) is 20.8 Å². The van der Waals surface area contributed by atoms with Gasteiger partial charge in [0.15, 0.2) is 16.7 Å². The molecule has 2 N–H and O–H groups in total. The molecule has 0 aromatic heterocycles. The van der Waals surface area contributed by atoms with Crippen LogP contribution in [0.3, 0.4) is 0 Å². The number of carboxylic acid groups (broad SMARTS) is 1. The van der Waals surface area contributed by atoms with Crippen LogP contribution in [0.1, 0.15) is 29.3 Å². The fourth-order valence-corrected chi connectivity index (χ4v) is 3.27. The van der Waals surface area contributed by atoms with Crippen LogP contribution in [0.4, 0.5) is 0 Å². The molecule has 1 atom stereocenters. The Balaban J connectivity index is 2.13. The lowest BCUT2D eigenvalue weighted by Crippen LogP contribution is -2.25. The number of carboxylic acids is 1. The number of hydrogen-bond acceptors (Lipinski definition) is 9. The summed E-state index contributed by atoms with van der Waals surface area (Å²) in [5.41, 5.74) is 0.142. The smallest absolute Gasteiger partial charge is 0.340 e. The Hall–Kier alpha value is -3.08. The van der Waals surface area contributed by atoms with E-state index in [-0.39, 0.29) is 40.3 Å². The molecule has 1 amide bonds. The summed E-state index contributed by atoms with van der Waals surface area (Å²) in [4.78, 5) is 34.2. The van der Waals surface area contributed by atoms with Gasteiger partial charge in [-0.05, 0) is 12.1 Å². The zero-order chi connectivity index (χ0) is 20.7. The minimum atomic E-state index is -1.21. The molecule has 1 aliphatic rings. The third kappa shape index (κ3) is 5.22. The van der Waals surface area contributed by atoms with Crippen LogP contribution in [0.15, 0.2) is 22.3 Å². The van der Waals surface area contributed by atoms with E-state index in [1.165, 1.54) is 33.4 Å². The number of thioether (sulfide) groups is 1. The Morgan fingerprint density at radius 3 is 2.68 bits per heavy atom. The number of carbonyl (C=O) groups is 3. The normalized spacial score (nSPS) is 17.6. The van der Waals surface area contributed by atoms with Gasteiger partial charge in [0.2, 0.25) is 5.91 Å². The van der Waals surface area contributed by atoms with Gasteiger partial charge in [0, 0.05) is 18.9 Å². The molecular formula is C17H19N3O7S. The zero-order valence-electron chi connectivity index (χ0n) is 15.4. The number of aromatic carboxylic acids is 1. The average molecular weight is 409 g/mol. The van der Waals surface area contributed by atoms with Gasteiger partial charge in [-0.15, -0.1) is 5.10 Å². The summed E-state index contributed by atoms with van der Waals surface area (Å²) in [5, 5.41) is 19.6. The molecule has 1 aliphatic heterocycles. The molecule has 1 saturated heterocycles. The molecule has 1 unspecified atom stereocenters. The lowest BCUT2D eigenvalue weighted by Gasteiger charge is -2.11. The second-order valence-corrected chi connectivity index (χ2v) is 6.64. The first-order valence-corrected chi connectivity index (χ1v) is 8.95. The molecule has 1 aromatic carbocycles. The fraction of sp³-hybridized carbons (Fsp3) is 0.353. The van der Waals surface area contributed by atoms with Crippen LogP contribution in [0, 0.1) is 0 Å². The van der Waals surface area contributed by atoms with Crippen LogP contribution in [0.5, 0.6) is 11.5 Å². The number of esters is 1. The predicted molar refractivity (Wildman–Crippen MR) is 102 cm³/mol. The monoisotopic (exact) mass is 409 g/mol. The molecule has 0 bridgehead atoms. The van der Waals surface area contributed by atoms with Crippen LogP contribution in [0.2, 0.25) is 0 Å². The lowest BCUT2D eigenvalue weighted by molar-refractivity contribution is -0.141. The van der Waals surface area contributed by atoms with E-state index in [4.69, 9.17) is 14.2 Å². The molecule has 0 radical (unpaired) electrons. The second-order valence-electron chi connectivity index (χ2n) is 5.44. The number of benzene rings is 1. The number of nitrogens with zero attached hydrogens (tertiary/aromatic N) is 2. The number of rotatable bonds is 8. The van der Waals surface area contributed by atoms with Crippen molar-refractivity contribution >= 4 is 41.0 Å². The summed E-state index contributed by atoms with van der Waals surface area (Å²) in [6, 6.07) is 3.06. The molecular weight excluding hydrogens is 390 g/mol. The summed E-state index contributed by atoms with van der Waals surface area (Å²) in [5.74, 6) is -1.54. The topological polar surface area (TPSA) is 136 Å². The summed E-state index contributed by atoms with van der Waals surface area (Å²) >= 11 is 1.15. The molecule has 11 heteroatoms. The Bertz CT molecular complexity index is 838. The highest BCUT2D eigenvalue weighted by Gasteiger charge is 2.30. The Kier molecular flexibility index (Phi) is 7.38. The molecule has 0 saturated carbocycles. The zero-order valence-corrected chi connectivity index (χ0v) is 16.2. The van der Waals surface area contributed by atoms with Gasteiger partial charge in [-0.1, -0.05) is 11.8 Å². The van der Waals surface area contributed by atoms with Crippen LogP contribution in [0.25, 0.3) is 0 Å². The van der Waals surface area contributed by atoms with Crippen molar-refractivity contribution in [2.24, 2.45) is 10.2 Å². The second kappa shape index (κ2) is 9.74. The first kappa shape index (κ1) is 21.2. The molecule has 1 fully saturated rings. The van der Waals surface area contributed by atoms with Crippen molar-refractivity contribution in [3.8, 4) is 11.5 Å². The van der Waals surface area contributed by atoms with E-state index >= 15 is 0 Å². The quantitative estimate of drug-likeness (QED) is 0.372. The van der Waals surface area contributed by atoms with Crippen molar-refractivity contribution in [3.05, 3.63) is 23.3 Å². The third-order valence-corrected chi connectivity index (χ3v) is 4.74. The average Bonchev–Trinajstić information content (AvgIpc) is 3.00. The molecule has 0 aliphatic carbocycles. The Labute approximate surface area is 164 Å². The van der Waals surface area contributed by atoms with Gasteiger partial charge in [-0.2, -0.15) is 5.10 Å². The Morgan fingerprint density at radius 2 is 2.07 bits per heavy atom. The van der Waals surface area contributed by atoms with E-state index < -0.39 is 17.2 Å². The summed E-state index contributed by atoms with van der Waals surface area (Å²) in [6.45, 7) is 1.42. The highest BCUT2D eigenvalue weighted by molar-refractivity contribution is 8.15.